The van der Waals surface area contributed by atoms with Gasteiger partial charge in [0, 0.05) is 5.69 Å². The molecule has 3 N–H and O–H groups in total. The third-order valence-electron chi connectivity index (χ3n) is 5.48. The van der Waals surface area contributed by atoms with Gasteiger partial charge in [0.15, 0.2) is 0 Å². The first-order chi connectivity index (χ1) is 9.31. The Balaban J connectivity index is 2.74. The van der Waals surface area contributed by atoms with Crippen molar-refractivity contribution >= 4 is 11.7 Å². The number of hydrogen-bond donors (Lipinski definition) is 2. The molecule has 0 unspecified atom stereocenters. The van der Waals surface area contributed by atoms with E-state index < -0.39 is 34.0 Å². The minimum Gasteiger partial charge on any atom is -0.481 e. The summed E-state index contributed by atoms with van der Waals surface area (Å²) in [6.45, 7) is 6.95. The lowest BCUT2D eigenvalue weighted by Gasteiger charge is -2.21. The fourth-order valence-corrected chi connectivity index (χ4v) is 3.69. The topological polar surface area (TPSA) is 63.3 Å². The van der Waals surface area contributed by atoms with Gasteiger partial charge in [-0.3, -0.25) is 4.79 Å². The molecule has 3 nitrogen and oxygen atoms in total. The molecular formula is C15H18F3NO2. The van der Waals surface area contributed by atoms with Gasteiger partial charge in [0.1, 0.15) is 5.41 Å². The lowest BCUT2D eigenvalue weighted by atomic mass is 9.84. The molecule has 0 spiro atoms. The third-order valence-corrected chi connectivity index (χ3v) is 5.48. The molecule has 0 bridgehead atoms. The molecule has 2 rings (SSSR count). The van der Waals surface area contributed by atoms with Crippen molar-refractivity contribution in [2.75, 3.05) is 5.73 Å². The van der Waals surface area contributed by atoms with E-state index in [1.54, 1.807) is 27.7 Å². The van der Waals surface area contributed by atoms with Crippen LogP contribution in [-0.4, -0.2) is 11.1 Å². The van der Waals surface area contributed by atoms with Crippen molar-refractivity contribution in [3.63, 3.8) is 0 Å². The lowest BCUT2D eigenvalue weighted by Crippen LogP contribution is -2.29. The van der Waals surface area contributed by atoms with Gasteiger partial charge in [-0.05, 0) is 34.6 Å². The zero-order chi connectivity index (χ0) is 16.4. The normalized spacial score (nSPS) is 21.9. The molecule has 0 radical (unpaired) electrons. The molecule has 1 aliphatic carbocycles. The highest BCUT2D eigenvalue weighted by Gasteiger charge is 2.82. The molecule has 1 saturated carbocycles. The number of nitrogen functional groups attached to an aromatic ring is 1. The molecular weight excluding hydrogens is 283 g/mol. The van der Waals surface area contributed by atoms with Gasteiger partial charge >= 0.3 is 12.1 Å². The van der Waals surface area contributed by atoms with E-state index in [9.17, 15) is 23.1 Å². The molecule has 1 aliphatic rings. The predicted octanol–water partition coefficient (Wildman–Crippen LogP) is 3.68. The van der Waals surface area contributed by atoms with Crippen LogP contribution < -0.4 is 5.73 Å². The average Bonchev–Trinajstić information content (AvgIpc) is 2.65. The molecule has 0 aliphatic heterocycles. The second kappa shape index (κ2) is 3.93. The Morgan fingerprint density at radius 1 is 1.14 bits per heavy atom. The highest BCUT2D eigenvalue weighted by molar-refractivity contribution is 5.91. The van der Waals surface area contributed by atoms with Gasteiger partial charge in [-0.1, -0.05) is 27.7 Å². The third kappa shape index (κ3) is 1.64. The smallest absolute Gasteiger partial charge is 0.416 e. The first kappa shape index (κ1) is 15.7. The number of nitrogens with two attached hydrogens (primary N) is 1. The van der Waals surface area contributed by atoms with Crippen LogP contribution in [0.5, 0.6) is 0 Å². The van der Waals surface area contributed by atoms with E-state index >= 15 is 0 Å². The molecule has 0 amide bonds. The maximum Gasteiger partial charge on any atom is 0.416 e. The number of anilines is 1. The van der Waals surface area contributed by atoms with E-state index in [0.29, 0.717) is 0 Å². The van der Waals surface area contributed by atoms with E-state index in [2.05, 4.69) is 0 Å². The quantitative estimate of drug-likeness (QED) is 0.819. The van der Waals surface area contributed by atoms with E-state index in [-0.39, 0.29) is 11.3 Å². The highest BCUT2D eigenvalue weighted by atomic mass is 19.4. The van der Waals surface area contributed by atoms with Crippen LogP contribution in [0.15, 0.2) is 18.2 Å². The number of aliphatic carboxylic acids is 1. The Morgan fingerprint density at radius 3 is 1.95 bits per heavy atom. The molecule has 0 atom stereocenters. The fourth-order valence-electron chi connectivity index (χ4n) is 3.69. The van der Waals surface area contributed by atoms with Crippen LogP contribution in [0.3, 0.4) is 0 Å². The summed E-state index contributed by atoms with van der Waals surface area (Å²) in [5.41, 5.74) is 2.21. The summed E-state index contributed by atoms with van der Waals surface area (Å²) in [7, 11) is 0. The Kier molecular flexibility index (Phi) is 2.93. The highest BCUT2D eigenvalue weighted by Crippen LogP contribution is 2.78. The van der Waals surface area contributed by atoms with Crippen LogP contribution in [0.2, 0.25) is 0 Å². The van der Waals surface area contributed by atoms with Gasteiger partial charge in [0.25, 0.3) is 0 Å². The largest absolute Gasteiger partial charge is 0.481 e. The fraction of sp³-hybridized carbons (Fsp3) is 0.533. The van der Waals surface area contributed by atoms with E-state index in [0.717, 1.165) is 18.2 Å². The Morgan fingerprint density at radius 2 is 1.62 bits per heavy atom. The number of halogens is 3. The van der Waals surface area contributed by atoms with Crippen molar-refractivity contribution in [3.05, 3.63) is 29.3 Å². The van der Waals surface area contributed by atoms with Crippen molar-refractivity contribution in [1.82, 2.24) is 0 Å². The zero-order valence-corrected chi connectivity index (χ0v) is 12.3. The summed E-state index contributed by atoms with van der Waals surface area (Å²) in [5, 5.41) is 9.71. The second-order valence-corrected chi connectivity index (χ2v) is 6.60. The number of carboxylic acids is 1. The van der Waals surface area contributed by atoms with E-state index in [1.807, 2.05) is 0 Å². The molecule has 0 saturated heterocycles. The van der Waals surface area contributed by atoms with Gasteiger partial charge in [0.05, 0.1) is 5.56 Å². The van der Waals surface area contributed by atoms with Crippen LogP contribution in [0.1, 0.15) is 38.8 Å². The predicted molar refractivity (Wildman–Crippen MR) is 72.7 cm³/mol. The maximum atomic E-state index is 12.9. The summed E-state index contributed by atoms with van der Waals surface area (Å²) < 4.78 is 38.7. The van der Waals surface area contributed by atoms with Gasteiger partial charge in [-0.2, -0.15) is 13.2 Å². The molecule has 6 heteroatoms. The molecule has 21 heavy (non-hydrogen) atoms. The number of carbonyl (C=O) groups is 1. The van der Waals surface area contributed by atoms with Crippen LogP contribution in [0.25, 0.3) is 0 Å². The number of hydrogen-bond acceptors (Lipinski definition) is 2. The van der Waals surface area contributed by atoms with Crippen molar-refractivity contribution in [2.45, 2.75) is 39.3 Å². The van der Waals surface area contributed by atoms with Gasteiger partial charge in [-0.25, -0.2) is 0 Å². The molecule has 1 aromatic carbocycles. The van der Waals surface area contributed by atoms with Crippen molar-refractivity contribution in [1.29, 1.82) is 0 Å². The van der Waals surface area contributed by atoms with Gasteiger partial charge in [-0.15, -0.1) is 0 Å². The maximum absolute atomic E-state index is 12.9. The van der Waals surface area contributed by atoms with Crippen molar-refractivity contribution < 1.29 is 23.1 Å². The Labute approximate surface area is 121 Å². The Bertz CT molecular complexity index is 604. The number of alkyl halides is 3. The van der Waals surface area contributed by atoms with Crippen LogP contribution in [0.4, 0.5) is 18.9 Å². The summed E-state index contributed by atoms with van der Waals surface area (Å²) >= 11 is 0. The average molecular weight is 301 g/mol. The summed E-state index contributed by atoms with van der Waals surface area (Å²) in [6.07, 6.45) is -4.54. The summed E-state index contributed by atoms with van der Waals surface area (Å²) in [5.74, 6) is -1.15. The molecule has 0 heterocycles. The second-order valence-electron chi connectivity index (χ2n) is 6.60. The molecule has 1 fully saturated rings. The molecule has 1 aromatic rings. The van der Waals surface area contributed by atoms with E-state index in [1.165, 1.54) is 0 Å². The van der Waals surface area contributed by atoms with Crippen LogP contribution in [0, 0.1) is 10.8 Å². The van der Waals surface area contributed by atoms with E-state index in [4.69, 9.17) is 5.73 Å². The number of rotatable bonds is 2. The first-order valence-corrected chi connectivity index (χ1v) is 6.52. The lowest BCUT2D eigenvalue weighted by molar-refractivity contribution is -0.142. The number of benzene rings is 1. The summed E-state index contributed by atoms with van der Waals surface area (Å²) in [6, 6.07) is 2.88. The Hall–Kier alpha value is -1.72. The van der Waals surface area contributed by atoms with Gasteiger partial charge in [0.2, 0.25) is 0 Å². The SMILES string of the molecule is CC1(C)C(C)(C)C1(C(=O)O)c1cc(C(F)(F)F)ccc1N. The monoisotopic (exact) mass is 301 g/mol. The van der Waals surface area contributed by atoms with Crippen molar-refractivity contribution in [3.8, 4) is 0 Å². The minimum absolute atomic E-state index is 0.0415. The number of carboxylic acid groups (broad SMARTS) is 1. The van der Waals surface area contributed by atoms with Crippen molar-refractivity contribution in [2.24, 2.45) is 10.8 Å². The first-order valence-electron chi connectivity index (χ1n) is 6.52. The standard InChI is InChI=1S/C15H18F3NO2/c1-12(2)13(3,4)14(12,11(20)21)9-7-8(15(16,17)18)5-6-10(9)19/h5-7H,19H2,1-4H3,(H,20,21). The summed E-state index contributed by atoms with van der Waals surface area (Å²) in [4.78, 5) is 11.9. The molecule has 116 valence electrons. The minimum atomic E-state index is -4.54. The van der Waals surface area contributed by atoms with Crippen LogP contribution in [-0.2, 0) is 16.4 Å². The zero-order valence-electron chi connectivity index (χ0n) is 12.3. The van der Waals surface area contributed by atoms with Crippen LogP contribution >= 0.6 is 0 Å². The molecule has 0 aromatic heterocycles. The van der Waals surface area contributed by atoms with Gasteiger partial charge < -0.3 is 10.8 Å².